The maximum Gasteiger partial charge on any atom is 0.232 e. The third kappa shape index (κ3) is 24.1. The lowest BCUT2D eigenvalue weighted by Gasteiger charge is -2.41. The van der Waals surface area contributed by atoms with Crippen LogP contribution in [0.4, 0.5) is 11.9 Å². The molecule has 0 atom stereocenters. The van der Waals surface area contributed by atoms with E-state index in [-0.39, 0.29) is 31.6 Å². The summed E-state index contributed by atoms with van der Waals surface area (Å²) in [4.78, 5) is 42.3. The monoisotopic (exact) mass is 1170 g/mol. The summed E-state index contributed by atoms with van der Waals surface area (Å²) in [5.74, 6) is 1.33. The molecule has 4 aromatic carbocycles. The molecule has 3 aliphatic carbocycles. The van der Waals surface area contributed by atoms with Gasteiger partial charge in [-0.05, 0) is 129 Å². The SMILES string of the molecule is C.C.C1CCOC1.CCN(CC)CC.Clc1ncccn1.NCC1(c2ccccc2)CCCCC1.O=C(CCc1ccccc1)N(CC1(c2ccccc2)CCCCC1)c1ncccn1.c1ccc(C2(CNc3ncccn3)CCCCC2)cc1. The van der Waals surface area contributed by atoms with Crippen LogP contribution in [-0.2, 0) is 32.2 Å². The number of amides is 1. The van der Waals surface area contributed by atoms with Crippen molar-refractivity contribution in [2.24, 2.45) is 5.73 Å². The van der Waals surface area contributed by atoms with E-state index in [1.165, 1.54) is 138 Å². The predicted molar refractivity (Wildman–Crippen MR) is 356 cm³/mol. The highest BCUT2D eigenvalue weighted by molar-refractivity contribution is 6.28. The van der Waals surface area contributed by atoms with Gasteiger partial charge in [0.05, 0.1) is 0 Å². The van der Waals surface area contributed by atoms with E-state index in [0.29, 0.717) is 29.6 Å². The third-order valence-electron chi connectivity index (χ3n) is 16.9. The molecule has 0 spiro atoms. The van der Waals surface area contributed by atoms with Crippen LogP contribution in [0.5, 0.6) is 0 Å². The number of aromatic nitrogens is 6. The molecular formula is C72H103ClN10O2. The van der Waals surface area contributed by atoms with E-state index in [2.05, 4.69) is 164 Å². The molecule has 1 amide bonds. The maximum absolute atomic E-state index is 13.4. The Kier molecular flexibility index (Phi) is 34.1. The van der Waals surface area contributed by atoms with Crippen LogP contribution >= 0.6 is 11.6 Å². The van der Waals surface area contributed by atoms with Crippen molar-refractivity contribution in [3.05, 3.63) is 204 Å². The number of hydrogen-bond acceptors (Lipinski definition) is 11. The van der Waals surface area contributed by atoms with Gasteiger partial charge in [-0.1, -0.05) is 215 Å². The maximum atomic E-state index is 13.4. The number of ether oxygens (including phenoxy) is 1. The number of aryl methyl sites for hydroxylation is 1. The van der Waals surface area contributed by atoms with Gasteiger partial charge in [0.15, 0.2) is 0 Å². The van der Waals surface area contributed by atoms with E-state index < -0.39 is 0 Å². The second-order valence-electron chi connectivity index (χ2n) is 22.2. The number of nitrogens with two attached hydrogens (primary N) is 1. The summed E-state index contributed by atoms with van der Waals surface area (Å²) in [6, 6.07) is 47.9. The second-order valence-corrected chi connectivity index (χ2v) is 22.6. The van der Waals surface area contributed by atoms with Crippen molar-refractivity contribution < 1.29 is 9.53 Å². The highest BCUT2D eigenvalue weighted by Crippen LogP contribution is 2.42. The van der Waals surface area contributed by atoms with Crippen molar-refractivity contribution in [3.63, 3.8) is 0 Å². The zero-order valence-electron chi connectivity index (χ0n) is 50.2. The van der Waals surface area contributed by atoms with Gasteiger partial charge in [-0.15, -0.1) is 0 Å². The quantitative estimate of drug-likeness (QED) is 0.0891. The van der Waals surface area contributed by atoms with Crippen LogP contribution < -0.4 is 16.0 Å². The average Bonchev–Trinajstić information content (AvgIpc) is 4.02. The largest absolute Gasteiger partial charge is 0.381 e. The molecule has 460 valence electrons. The van der Waals surface area contributed by atoms with E-state index in [9.17, 15) is 4.79 Å². The van der Waals surface area contributed by atoms with Gasteiger partial charge in [-0.3, -0.25) is 9.69 Å². The van der Waals surface area contributed by atoms with Crippen LogP contribution in [0.25, 0.3) is 0 Å². The zero-order valence-corrected chi connectivity index (χ0v) is 50.9. The minimum atomic E-state index is -0.0406. The molecule has 1 saturated heterocycles. The van der Waals surface area contributed by atoms with Crippen LogP contribution in [-0.4, -0.2) is 93.2 Å². The number of hydrogen-bond donors (Lipinski definition) is 2. The van der Waals surface area contributed by atoms with Crippen molar-refractivity contribution in [2.75, 3.05) is 62.7 Å². The van der Waals surface area contributed by atoms with Gasteiger partial charge in [0.1, 0.15) is 0 Å². The fourth-order valence-electron chi connectivity index (χ4n) is 11.9. The smallest absolute Gasteiger partial charge is 0.232 e. The summed E-state index contributed by atoms with van der Waals surface area (Å²) >= 11 is 5.32. The summed E-state index contributed by atoms with van der Waals surface area (Å²) in [6.45, 7) is 14.5. The summed E-state index contributed by atoms with van der Waals surface area (Å²) in [5, 5.41) is 3.73. The Bertz CT molecular complexity index is 2700. The molecule has 85 heavy (non-hydrogen) atoms. The van der Waals surface area contributed by atoms with Gasteiger partial charge in [-0.2, -0.15) is 0 Å². The topological polar surface area (TPSA) is 148 Å². The van der Waals surface area contributed by atoms with Gasteiger partial charge in [-0.25, -0.2) is 29.9 Å². The van der Waals surface area contributed by atoms with Crippen LogP contribution in [0.2, 0.25) is 5.28 Å². The van der Waals surface area contributed by atoms with E-state index >= 15 is 0 Å². The van der Waals surface area contributed by atoms with E-state index in [4.69, 9.17) is 22.1 Å². The molecule has 13 heteroatoms. The third-order valence-corrected chi connectivity index (χ3v) is 17.1. The van der Waals surface area contributed by atoms with Crippen molar-refractivity contribution >= 4 is 29.4 Å². The van der Waals surface area contributed by atoms with E-state index in [1.807, 2.05) is 29.2 Å². The number of anilines is 2. The van der Waals surface area contributed by atoms with Gasteiger partial charge in [0.2, 0.25) is 23.1 Å². The Morgan fingerprint density at radius 1 is 0.506 bits per heavy atom. The normalized spacial score (nSPS) is 16.0. The average molecular weight is 1180 g/mol. The number of carbonyl (C=O) groups is 1. The number of nitrogens with zero attached hydrogens (tertiary/aromatic N) is 8. The van der Waals surface area contributed by atoms with Crippen molar-refractivity contribution in [2.45, 2.75) is 174 Å². The molecule has 4 fully saturated rings. The minimum absolute atomic E-state index is 0. The highest BCUT2D eigenvalue weighted by atomic mass is 35.5. The molecule has 4 aliphatic rings. The lowest BCUT2D eigenvalue weighted by atomic mass is 9.69. The predicted octanol–water partition coefficient (Wildman–Crippen LogP) is 16.5. The molecule has 0 unspecified atom stereocenters. The van der Waals surface area contributed by atoms with E-state index in [0.717, 1.165) is 51.5 Å². The lowest BCUT2D eigenvalue weighted by molar-refractivity contribution is -0.119. The Labute approximate surface area is 517 Å². The fraction of sp³-hybridized carbons (Fsp3) is 0.486. The van der Waals surface area contributed by atoms with Crippen LogP contribution in [0.1, 0.15) is 173 Å². The number of benzene rings is 4. The first-order valence-corrected chi connectivity index (χ1v) is 31.4. The molecule has 3 aromatic heterocycles. The minimum Gasteiger partial charge on any atom is -0.381 e. The highest BCUT2D eigenvalue weighted by Gasteiger charge is 2.38. The molecule has 12 nitrogen and oxygen atoms in total. The zero-order chi connectivity index (χ0) is 58.5. The number of rotatable bonds is 16. The number of nitrogens with one attached hydrogen (secondary N) is 1. The number of halogens is 1. The first-order chi connectivity index (χ1) is 40.8. The summed E-state index contributed by atoms with van der Waals surface area (Å²) < 4.78 is 4.94. The van der Waals surface area contributed by atoms with Crippen LogP contribution in [0.3, 0.4) is 0 Å². The molecule has 3 N–H and O–H groups in total. The summed E-state index contributed by atoms with van der Waals surface area (Å²) in [5.41, 5.74) is 11.8. The van der Waals surface area contributed by atoms with Gasteiger partial charge < -0.3 is 20.7 Å². The summed E-state index contributed by atoms with van der Waals surface area (Å²) in [6.07, 6.45) is 32.8. The second kappa shape index (κ2) is 40.8. The molecule has 0 bridgehead atoms. The van der Waals surface area contributed by atoms with Crippen molar-refractivity contribution in [1.29, 1.82) is 0 Å². The van der Waals surface area contributed by atoms with Crippen LogP contribution in [0, 0.1) is 0 Å². The van der Waals surface area contributed by atoms with Crippen molar-refractivity contribution in [3.8, 4) is 0 Å². The molecule has 7 aromatic rings. The first-order valence-electron chi connectivity index (χ1n) is 31.0. The summed E-state index contributed by atoms with van der Waals surface area (Å²) in [7, 11) is 0. The van der Waals surface area contributed by atoms with Gasteiger partial charge in [0, 0.05) is 92.7 Å². The Morgan fingerprint density at radius 2 is 0.894 bits per heavy atom. The molecule has 4 heterocycles. The fourth-order valence-corrected chi connectivity index (χ4v) is 12.0. The van der Waals surface area contributed by atoms with Gasteiger partial charge in [0.25, 0.3) is 0 Å². The molecule has 0 radical (unpaired) electrons. The molecular weight excluding hydrogens is 1070 g/mol. The van der Waals surface area contributed by atoms with E-state index in [1.54, 1.807) is 49.3 Å². The first kappa shape index (κ1) is 71.0. The lowest BCUT2D eigenvalue weighted by Crippen LogP contribution is -2.46. The van der Waals surface area contributed by atoms with Crippen molar-refractivity contribution in [1.82, 2.24) is 34.8 Å². The standard InChI is InChI=1S/C26H29N3O.C17H21N3.C13H19N.C6H15N.C4H3ClN2.C4H8O.2CH4/c30-24(16-15-22-11-4-1-5-12-22)29(25-27-19-10-20-28-25)21-26(17-8-3-9-18-26)23-13-6-2-7-14-23;1-3-8-15(9-4-1)17(10-5-2-6-11-17)14-20-16-18-12-7-13-19-16;14-11-13(9-5-2-6-10-13)12-7-3-1-4-8-12;1-4-7(5-2)6-3;5-4-6-2-1-3-7-4;1-2-4-5-3-1;;/h1-2,4-7,10-14,19-20H,3,8-9,15-18,21H2;1,3-4,7-9,12-13H,2,5-6,10-11,14H2,(H,18,19,20);1,3-4,7-8H,2,5-6,9-11,14H2;4-6H2,1-3H3;1-3H;1-4H2;2*1H4. The molecule has 1 aliphatic heterocycles. The Morgan fingerprint density at radius 3 is 1.28 bits per heavy atom. The number of carbonyl (C=O) groups excluding carboxylic acids is 1. The Balaban J connectivity index is 0.000000243. The Hall–Kier alpha value is -6.44. The van der Waals surface area contributed by atoms with Gasteiger partial charge >= 0.3 is 0 Å². The van der Waals surface area contributed by atoms with Crippen LogP contribution in [0.15, 0.2) is 177 Å². The molecule has 3 saturated carbocycles. The molecule has 11 rings (SSSR count).